The normalized spacial score (nSPS) is 18.4. The number of likely N-dealkylation sites (tertiary alicyclic amines) is 1. The van der Waals surface area contributed by atoms with E-state index in [0.29, 0.717) is 12.8 Å². The fraction of sp³-hybridized carbons (Fsp3) is 0.500. The molecule has 5 nitrogen and oxygen atoms in total. The Morgan fingerprint density at radius 3 is 3.05 bits per heavy atom. The largest absolute Gasteiger partial charge is 0.363 e. The second-order valence-electron chi connectivity index (χ2n) is 5.67. The van der Waals surface area contributed by atoms with Gasteiger partial charge in [-0.05, 0) is 45.2 Å². The number of nitrogens with one attached hydrogen (secondary N) is 1. The highest BCUT2D eigenvalue weighted by atomic mass is 16.5. The summed E-state index contributed by atoms with van der Waals surface area (Å²) >= 11 is 0. The zero-order valence-electron chi connectivity index (χ0n) is 12.6. The van der Waals surface area contributed by atoms with Gasteiger partial charge in [-0.25, -0.2) is 0 Å². The molecule has 0 radical (unpaired) electrons. The van der Waals surface area contributed by atoms with Crippen molar-refractivity contribution in [3.8, 4) is 0 Å². The van der Waals surface area contributed by atoms with Gasteiger partial charge in [0.1, 0.15) is 5.76 Å². The van der Waals surface area contributed by atoms with E-state index in [1.165, 1.54) is 0 Å². The van der Waals surface area contributed by atoms with Crippen molar-refractivity contribution in [1.82, 2.24) is 15.0 Å². The molecule has 3 rings (SSSR count). The molecule has 21 heavy (non-hydrogen) atoms. The van der Waals surface area contributed by atoms with E-state index in [1.54, 1.807) is 0 Å². The van der Waals surface area contributed by atoms with Crippen LogP contribution in [0, 0.1) is 13.8 Å². The van der Waals surface area contributed by atoms with Crippen LogP contribution in [0.25, 0.3) is 0 Å². The number of aromatic amines is 1. The summed E-state index contributed by atoms with van der Waals surface area (Å²) in [4.78, 5) is 17.8. The average molecular weight is 287 g/mol. The highest BCUT2D eigenvalue weighted by Crippen LogP contribution is 2.31. The second kappa shape index (κ2) is 5.76. The lowest BCUT2D eigenvalue weighted by atomic mass is 10.1. The van der Waals surface area contributed by atoms with Crippen molar-refractivity contribution >= 4 is 5.91 Å². The highest BCUT2D eigenvalue weighted by Gasteiger charge is 2.30. The summed E-state index contributed by atoms with van der Waals surface area (Å²) in [5, 5.41) is 3.94. The quantitative estimate of drug-likeness (QED) is 0.940. The van der Waals surface area contributed by atoms with Crippen molar-refractivity contribution in [3.63, 3.8) is 0 Å². The summed E-state index contributed by atoms with van der Waals surface area (Å²) in [7, 11) is 0. The molecule has 1 saturated heterocycles. The fourth-order valence-corrected chi connectivity index (χ4v) is 3.17. The monoisotopic (exact) mass is 287 g/mol. The Hall–Kier alpha value is -2.04. The predicted molar refractivity (Wildman–Crippen MR) is 78.8 cm³/mol. The van der Waals surface area contributed by atoms with Crippen LogP contribution in [0.15, 0.2) is 22.9 Å². The van der Waals surface area contributed by atoms with E-state index in [1.807, 2.05) is 31.0 Å². The molecular weight excluding hydrogens is 266 g/mol. The maximum Gasteiger partial charge on any atom is 0.223 e. The van der Waals surface area contributed by atoms with Crippen LogP contribution in [-0.4, -0.2) is 27.5 Å². The zero-order valence-corrected chi connectivity index (χ0v) is 12.6. The first-order chi connectivity index (χ1) is 10.2. The molecule has 2 aromatic rings. The van der Waals surface area contributed by atoms with Crippen LogP contribution in [0.1, 0.15) is 48.0 Å². The molecule has 0 unspecified atom stereocenters. The van der Waals surface area contributed by atoms with Gasteiger partial charge in [-0.2, -0.15) is 0 Å². The Bertz CT molecular complexity index is 596. The van der Waals surface area contributed by atoms with Crippen LogP contribution in [-0.2, 0) is 11.2 Å². The first-order valence-corrected chi connectivity index (χ1v) is 7.51. The second-order valence-corrected chi connectivity index (χ2v) is 5.67. The third-order valence-electron chi connectivity index (χ3n) is 4.32. The zero-order chi connectivity index (χ0) is 14.8. The van der Waals surface area contributed by atoms with Gasteiger partial charge >= 0.3 is 0 Å². The first kappa shape index (κ1) is 13.9. The molecule has 1 fully saturated rings. The van der Waals surface area contributed by atoms with Gasteiger partial charge in [0.2, 0.25) is 5.91 Å². The van der Waals surface area contributed by atoms with E-state index in [2.05, 4.69) is 16.2 Å². The Labute approximate surface area is 124 Å². The molecule has 1 aliphatic heterocycles. The third-order valence-corrected chi connectivity index (χ3v) is 4.32. The molecule has 1 atom stereocenters. The molecule has 2 aromatic heterocycles. The van der Waals surface area contributed by atoms with E-state index in [4.69, 9.17) is 4.52 Å². The Balaban J connectivity index is 1.65. The number of nitrogens with zero attached hydrogens (tertiary/aromatic N) is 2. The van der Waals surface area contributed by atoms with Crippen molar-refractivity contribution in [2.75, 3.05) is 6.54 Å². The van der Waals surface area contributed by atoms with Crippen LogP contribution >= 0.6 is 0 Å². The smallest absolute Gasteiger partial charge is 0.223 e. The first-order valence-electron chi connectivity index (χ1n) is 7.51. The van der Waals surface area contributed by atoms with Gasteiger partial charge in [0.25, 0.3) is 0 Å². The number of H-pyrrole nitrogens is 1. The van der Waals surface area contributed by atoms with Crippen molar-refractivity contribution in [2.24, 2.45) is 0 Å². The van der Waals surface area contributed by atoms with Crippen LogP contribution in [0.2, 0.25) is 0 Å². The molecule has 0 saturated carbocycles. The van der Waals surface area contributed by atoms with Gasteiger partial charge in [0.05, 0.1) is 11.7 Å². The summed E-state index contributed by atoms with van der Waals surface area (Å²) in [6, 6.07) is 4.25. The number of rotatable bonds is 4. The third kappa shape index (κ3) is 2.73. The lowest BCUT2D eigenvalue weighted by Crippen LogP contribution is -2.30. The highest BCUT2D eigenvalue weighted by molar-refractivity contribution is 5.77. The van der Waals surface area contributed by atoms with Crippen LogP contribution in [0.4, 0.5) is 0 Å². The minimum Gasteiger partial charge on any atom is -0.363 e. The van der Waals surface area contributed by atoms with E-state index in [-0.39, 0.29) is 11.9 Å². The van der Waals surface area contributed by atoms with Crippen LogP contribution < -0.4 is 0 Å². The summed E-state index contributed by atoms with van der Waals surface area (Å²) < 4.78 is 5.15. The SMILES string of the molecule is Cc1noc(C)c1CCC(=O)N1CCC[C@@H]1c1ccc[nH]1. The molecule has 0 aliphatic carbocycles. The van der Waals surface area contributed by atoms with Gasteiger partial charge in [-0.15, -0.1) is 0 Å². The summed E-state index contributed by atoms with van der Waals surface area (Å²) in [5.74, 6) is 1.04. The van der Waals surface area contributed by atoms with E-state index in [0.717, 1.165) is 42.1 Å². The number of aryl methyl sites for hydroxylation is 2. The van der Waals surface area contributed by atoms with Crippen molar-refractivity contribution in [3.05, 3.63) is 41.0 Å². The number of carbonyl (C=O) groups is 1. The minimum absolute atomic E-state index is 0.206. The molecule has 112 valence electrons. The van der Waals surface area contributed by atoms with Crippen molar-refractivity contribution in [1.29, 1.82) is 0 Å². The topological polar surface area (TPSA) is 62.1 Å². The van der Waals surface area contributed by atoms with Gasteiger partial charge in [-0.3, -0.25) is 4.79 Å². The van der Waals surface area contributed by atoms with E-state index >= 15 is 0 Å². The number of aromatic nitrogens is 2. The number of hydrogen-bond donors (Lipinski definition) is 1. The fourth-order valence-electron chi connectivity index (χ4n) is 3.17. The summed E-state index contributed by atoms with van der Waals surface area (Å²) in [6.45, 7) is 4.68. The number of carbonyl (C=O) groups excluding carboxylic acids is 1. The number of amides is 1. The van der Waals surface area contributed by atoms with Crippen LogP contribution in [0.3, 0.4) is 0 Å². The Morgan fingerprint density at radius 2 is 2.38 bits per heavy atom. The molecular formula is C16H21N3O2. The van der Waals surface area contributed by atoms with Gasteiger partial charge in [0.15, 0.2) is 0 Å². The molecule has 0 spiro atoms. The molecule has 0 bridgehead atoms. The minimum atomic E-state index is 0.206. The summed E-state index contributed by atoms with van der Waals surface area (Å²) in [6.07, 6.45) is 5.24. The Kier molecular flexibility index (Phi) is 3.82. The van der Waals surface area contributed by atoms with E-state index < -0.39 is 0 Å². The summed E-state index contributed by atoms with van der Waals surface area (Å²) in [5.41, 5.74) is 3.10. The maximum absolute atomic E-state index is 12.5. The predicted octanol–water partition coefficient (Wildman–Crippen LogP) is 2.92. The number of hydrogen-bond acceptors (Lipinski definition) is 3. The maximum atomic E-state index is 12.5. The molecule has 3 heterocycles. The lowest BCUT2D eigenvalue weighted by Gasteiger charge is -2.24. The molecule has 5 heteroatoms. The van der Waals surface area contributed by atoms with Crippen molar-refractivity contribution in [2.45, 2.75) is 45.6 Å². The van der Waals surface area contributed by atoms with Crippen LogP contribution in [0.5, 0.6) is 0 Å². The van der Waals surface area contributed by atoms with E-state index in [9.17, 15) is 4.79 Å². The molecule has 1 amide bonds. The molecule has 0 aromatic carbocycles. The van der Waals surface area contributed by atoms with Crippen molar-refractivity contribution < 1.29 is 9.32 Å². The Morgan fingerprint density at radius 1 is 1.52 bits per heavy atom. The van der Waals surface area contributed by atoms with Gasteiger partial charge in [-0.1, -0.05) is 5.16 Å². The average Bonchev–Trinajstić information content (AvgIpc) is 3.18. The van der Waals surface area contributed by atoms with Gasteiger partial charge < -0.3 is 14.4 Å². The lowest BCUT2D eigenvalue weighted by molar-refractivity contribution is -0.132. The standard InChI is InChI=1S/C16H21N3O2/c1-11-13(12(2)21-18-11)7-8-16(20)19-10-4-6-15(19)14-5-3-9-17-14/h3,5,9,15,17H,4,6-8,10H2,1-2H3/t15-/m1/s1. The van der Waals surface area contributed by atoms with Gasteiger partial charge in [0, 0.05) is 30.4 Å². The molecule has 1 aliphatic rings. The molecule has 1 N–H and O–H groups in total.